The number of hydrogen-bond donors (Lipinski definition) is 1. The molecule has 0 saturated heterocycles. The third-order valence-electron chi connectivity index (χ3n) is 3.05. The van der Waals surface area contributed by atoms with E-state index in [4.69, 9.17) is 0 Å². The Hall–Kier alpha value is -0.430. The lowest BCUT2D eigenvalue weighted by Crippen LogP contribution is -2.29. The monoisotopic (exact) mass is 362 g/mol. The van der Waals surface area contributed by atoms with Gasteiger partial charge in [0, 0.05) is 18.1 Å². The molecule has 4 nitrogen and oxygen atoms in total. The first-order chi connectivity index (χ1) is 9.45. The van der Waals surface area contributed by atoms with Crippen molar-refractivity contribution in [1.82, 2.24) is 9.62 Å². The summed E-state index contributed by atoms with van der Waals surface area (Å²) >= 11 is 3.37. The Morgan fingerprint density at radius 1 is 1.20 bits per heavy atom. The van der Waals surface area contributed by atoms with Crippen molar-refractivity contribution in [2.24, 2.45) is 0 Å². The number of hydrogen-bond acceptors (Lipinski definition) is 3. The molecule has 0 heterocycles. The van der Waals surface area contributed by atoms with E-state index in [0.717, 1.165) is 29.5 Å². The fourth-order valence-corrected chi connectivity index (χ4v) is 3.30. The summed E-state index contributed by atoms with van der Waals surface area (Å²) in [6.45, 7) is 4.27. The van der Waals surface area contributed by atoms with Crippen LogP contribution < -0.4 is 5.32 Å². The summed E-state index contributed by atoms with van der Waals surface area (Å²) in [4.78, 5) is 0. The molecule has 0 atom stereocenters. The number of unbranched alkanes of at least 4 members (excludes halogenated alkanes) is 1. The second-order valence-corrected chi connectivity index (χ2v) is 7.87. The molecule has 0 saturated carbocycles. The zero-order valence-electron chi connectivity index (χ0n) is 12.1. The Morgan fingerprint density at radius 2 is 1.85 bits per heavy atom. The van der Waals surface area contributed by atoms with Crippen LogP contribution in [0.1, 0.15) is 25.3 Å². The van der Waals surface area contributed by atoms with Crippen molar-refractivity contribution >= 4 is 26.0 Å². The molecule has 1 N–H and O–H groups in total. The summed E-state index contributed by atoms with van der Waals surface area (Å²) in [7, 11) is -1.52. The van der Waals surface area contributed by atoms with Crippen LogP contribution in [0.4, 0.5) is 0 Å². The second-order valence-electron chi connectivity index (χ2n) is 4.76. The molecule has 0 aliphatic carbocycles. The molecule has 6 heteroatoms. The molecule has 0 aliphatic rings. The minimum absolute atomic E-state index is 0.214. The van der Waals surface area contributed by atoms with Gasteiger partial charge < -0.3 is 5.32 Å². The van der Waals surface area contributed by atoms with Crippen molar-refractivity contribution < 1.29 is 8.42 Å². The van der Waals surface area contributed by atoms with Gasteiger partial charge in [0.05, 0.1) is 5.75 Å². The molecule has 0 aromatic heterocycles. The van der Waals surface area contributed by atoms with Gasteiger partial charge >= 0.3 is 0 Å². The van der Waals surface area contributed by atoms with Crippen molar-refractivity contribution in [2.75, 3.05) is 25.9 Å². The number of sulfonamides is 1. The lowest BCUT2D eigenvalue weighted by Gasteiger charge is -2.17. The zero-order valence-corrected chi connectivity index (χ0v) is 14.5. The van der Waals surface area contributed by atoms with Crippen LogP contribution in [0.25, 0.3) is 0 Å². The predicted molar refractivity (Wildman–Crippen MR) is 87.2 cm³/mol. The molecular formula is C14H23BrN2O2S. The van der Waals surface area contributed by atoms with Gasteiger partial charge in [0.1, 0.15) is 0 Å². The number of halogens is 1. The average molecular weight is 363 g/mol. The van der Waals surface area contributed by atoms with Crippen LogP contribution in [-0.2, 0) is 16.6 Å². The maximum absolute atomic E-state index is 12.1. The van der Waals surface area contributed by atoms with E-state index in [1.54, 1.807) is 7.05 Å². The van der Waals surface area contributed by atoms with Crippen LogP contribution in [0.3, 0.4) is 0 Å². The Bertz CT molecular complexity index is 488. The number of nitrogens with zero attached hydrogens (tertiary/aromatic N) is 1. The maximum Gasteiger partial charge on any atom is 0.214 e. The van der Waals surface area contributed by atoms with Crippen molar-refractivity contribution in [3.05, 3.63) is 34.3 Å². The van der Waals surface area contributed by atoms with Gasteiger partial charge in [0.2, 0.25) is 10.0 Å². The van der Waals surface area contributed by atoms with Crippen molar-refractivity contribution in [3.63, 3.8) is 0 Å². The molecule has 0 radical (unpaired) electrons. The van der Waals surface area contributed by atoms with Gasteiger partial charge in [0.15, 0.2) is 0 Å². The van der Waals surface area contributed by atoms with E-state index in [9.17, 15) is 8.42 Å². The summed E-state index contributed by atoms with van der Waals surface area (Å²) in [6, 6.07) is 7.71. The molecule has 20 heavy (non-hydrogen) atoms. The lowest BCUT2D eigenvalue weighted by molar-refractivity contribution is 0.464. The highest BCUT2D eigenvalue weighted by Crippen LogP contribution is 2.13. The normalized spacial score (nSPS) is 12.0. The summed E-state index contributed by atoms with van der Waals surface area (Å²) in [5.41, 5.74) is 0.993. The molecule has 114 valence electrons. The third kappa shape index (κ3) is 6.35. The molecule has 0 amide bonds. The predicted octanol–water partition coefficient (Wildman–Crippen LogP) is 2.60. The topological polar surface area (TPSA) is 49.4 Å². The zero-order chi connectivity index (χ0) is 15.0. The van der Waals surface area contributed by atoms with Gasteiger partial charge in [-0.2, -0.15) is 0 Å². The highest BCUT2D eigenvalue weighted by atomic mass is 79.9. The van der Waals surface area contributed by atoms with Crippen molar-refractivity contribution in [2.45, 2.75) is 26.3 Å². The number of rotatable bonds is 9. The van der Waals surface area contributed by atoms with Crippen LogP contribution in [0.5, 0.6) is 0 Å². The van der Waals surface area contributed by atoms with Gasteiger partial charge in [0.25, 0.3) is 0 Å². The van der Waals surface area contributed by atoms with Crippen LogP contribution in [0.2, 0.25) is 0 Å². The lowest BCUT2D eigenvalue weighted by atomic mass is 10.2. The van der Waals surface area contributed by atoms with Crippen LogP contribution in [0.15, 0.2) is 28.7 Å². The van der Waals surface area contributed by atoms with E-state index in [1.165, 1.54) is 4.31 Å². The molecule has 0 spiro atoms. The molecule has 0 fully saturated rings. The van der Waals surface area contributed by atoms with Gasteiger partial charge in [-0.05, 0) is 43.6 Å². The minimum atomic E-state index is -3.16. The molecule has 0 aliphatic heterocycles. The first-order valence-electron chi connectivity index (χ1n) is 6.85. The molecule has 1 rings (SSSR count). The maximum atomic E-state index is 12.1. The Morgan fingerprint density at radius 3 is 2.45 bits per heavy atom. The van der Waals surface area contributed by atoms with E-state index in [2.05, 4.69) is 21.2 Å². The Labute approximate surface area is 130 Å². The Kier molecular flexibility index (Phi) is 7.72. The van der Waals surface area contributed by atoms with Crippen molar-refractivity contribution in [3.8, 4) is 0 Å². The van der Waals surface area contributed by atoms with E-state index < -0.39 is 10.0 Å². The van der Waals surface area contributed by atoms with Gasteiger partial charge in [-0.1, -0.05) is 35.0 Å². The van der Waals surface area contributed by atoms with Gasteiger partial charge in [-0.15, -0.1) is 0 Å². The summed E-state index contributed by atoms with van der Waals surface area (Å²) in [6.07, 6.45) is 1.58. The highest BCUT2D eigenvalue weighted by Gasteiger charge is 2.17. The minimum Gasteiger partial charge on any atom is -0.317 e. The fourth-order valence-electron chi connectivity index (χ4n) is 1.81. The van der Waals surface area contributed by atoms with E-state index in [0.29, 0.717) is 13.0 Å². The first-order valence-corrected chi connectivity index (χ1v) is 9.25. The third-order valence-corrected chi connectivity index (χ3v) is 5.46. The van der Waals surface area contributed by atoms with E-state index in [-0.39, 0.29) is 5.75 Å². The van der Waals surface area contributed by atoms with Crippen LogP contribution >= 0.6 is 15.9 Å². The molecule has 1 aromatic carbocycles. The van der Waals surface area contributed by atoms with Crippen molar-refractivity contribution in [1.29, 1.82) is 0 Å². The summed E-state index contributed by atoms with van der Waals surface area (Å²) < 4.78 is 26.7. The number of benzene rings is 1. The quantitative estimate of drug-likeness (QED) is 0.686. The Balaban J connectivity index is 2.44. The second kappa shape index (κ2) is 8.77. The van der Waals surface area contributed by atoms with E-state index >= 15 is 0 Å². The summed E-state index contributed by atoms with van der Waals surface area (Å²) in [5.74, 6) is 0.214. The largest absolute Gasteiger partial charge is 0.317 e. The first kappa shape index (κ1) is 17.6. The highest BCUT2D eigenvalue weighted by molar-refractivity contribution is 9.10. The average Bonchev–Trinajstić information content (AvgIpc) is 2.41. The molecule has 0 bridgehead atoms. The van der Waals surface area contributed by atoms with Crippen LogP contribution in [-0.4, -0.2) is 38.6 Å². The van der Waals surface area contributed by atoms with Crippen LogP contribution in [0, 0.1) is 0 Å². The molecule has 0 unspecified atom stereocenters. The molecular weight excluding hydrogens is 340 g/mol. The SMILES string of the molecule is CCNCCCCS(=O)(=O)N(C)Cc1ccc(Br)cc1. The smallest absolute Gasteiger partial charge is 0.214 e. The fraction of sp³-hybridized carbons (Fsp3) is 0.571. The van der Waals surface area contributed by atoms with E-state index in [1.807, 2.05) is 31.2 Å². The molecule has 1 aromatic rings. The number of nitrogens with one attached hydrogen (secondary N) is 1. The van der Waals surface area contributed by atoms with Gasteiger partial charge in [-0.25, -0.2) is 12.7 Å². The summed E-state index contributed by atoms with van der Waals surface area (Å²) in [5, 5.41) is 3.20. The standard InChI is InChI=1S/C14H23BrN2O2S/c1-3-16-10-4-5-11-20(18,19)17(2)12-13-6-8-14(15)9-7-13/h6-9,16H,3-5,10-12H2,1-2H3. The van der Waals surface area contributed by atoms with Gasteiger partial charge in [-0.3, -0.25) is 0 Å².